The van der Waals surface area contributed by atoms with Crippen LogP contribution < -0.4 is 4.74 Å². The molecule has 0 spiro atoms. The summed E-state index contributed by atoms with van der Waals surface area (Å²) in [5.41, 5.74) is 0.891. The van der Waals surface area contributed by atoms with Crippen LogP contribution in [0.5, 0.6) is 5.75 Å². The maximum absolute atomic E-state index is 12.5. The quantitative estimate of drug-likeness (QED) is 0.608. The van der Waals surface area contributed by atoms with Crippen molar-refractivity contribution in [3.63, 3.8) is 0 Å². The number of thioether (sulfide) groups is 1. The number of ether oxygens (including phenoxy) is 1. The smallest absolute Gasteiger partial charge is 0.266 e. The van der Waals surface area contributed by atoms with Crippen molar-refractivity contribution in [2.45, 2.75) is 12.8 Å². The van der Waals surface area contributed by atoms with Gasteiger partial charge in [-0.2, -0.15) is 0 Å². The lowest BCUT2D eigenvalue weighted by atomic mass is 10.2. The minimum atomic E-state index is -0.201. The van der Waals surface area contributed by atoms with Crippen LogP contribution in [-0.2, 0) is 9.59 Å². The lowest BCUT2D eigenvalue weighted by molar-refractivity contribution is -0.134. The van der Waals surface area contributed by atoms with Gasteiger partial charge in [0.2, 0.25) is 5.91 Å². The maximum Gasteiger partial charge on any atom is 0.266 e. The van der Waals surface area contributed by atoms with Crippen molar-refractivity contribution in [1.29, 1.82) is 0 Å². The molecule has 0 atom stereocenters. The summed E-state index contributed by atoms with van der Waals surface area (Å²) in [6.07, 6.45) is 3.85. The SMILES string of the molecule is COc1ccc(C=C2SC(=S)N(CC(=O)N3CCCC3)C2=O)cc1. The summed E-state index contributed by atoms with van der Waals surface area (Å²) in [6, 6.07) is 7.43. The second kappa shape index (κ2) is 7.36. The van der Waals surface area contributed by atoms with Crippen LogP contribution in [0.2, 0.25) is 0 Å². The average molecular weight is 362 g/mol. The van der Waals surface area contributed by atoms with E-state index in [-0.39, 0.29) is 18.4 Å². The molecule has 2 aliphatic rings. The van der Waals surface area contributed by atoms with E-state index >= 15 is 0 Å². The molecular weight excluding hydrogens is 344 g/mol. The summed E-state index contributed by atoms with van der Waals surface area (Å²) in [7, 11) is 1.61. The number of methoxy groups -OCH3 is 1. The van der Waals surface area contributed by atoms with E-state index < -0.39 is 0 Å². The zero-order valence-corrected chi connectivity index (χ0v) is 15.0. The third kappa shape index (κ3) is 3.62. The van der Waals surface area contributed by atoms with Crippen molar-refractivity contribution in [3.05, 3.63) is 34.7 Å². The molecule has 0 unspecified atom stereocenters. The predicted octanol–water partition coefficient (Wildman–Crippen LogP) is 2.52. The summed E-state index contributed by atoms with van der Waals surface area (Å²) in [5, 5.41) is 0. The number of carbonyl (C=O) groups excluding carboxylic acids is 2. The number of likely N-dealkylation sites (tertiary alicyclic amines) is 1. The molecule has 0 N–H and O–H groups in total. The van der Waals surface area contributed by atoms with Gasteiger partial charge in [0.15, 0.2) is 0 Å². The van der Waals surface area contributed by atoms with Crippen molar-refractivity contribution in [2.75, 3.05) is 26.7 Å². The first-order chi connectivity index (χ1) is 11.6. The molecule has 2 aliphatic heterocycles. The van der Waals surface area contributed by atoms with Crippen molar-refractivity contribution in [3.8, 4) is 5.75 Å². The summed E-state index contributed by atoms with van der Waals surface area (Å²) in [5.74, 6) is 0.527. The van der Waals surface area contributed by atoms with E-state index in [1.54, 1.807) is 18.1 Å². The average Bonchev–Trinajstić information content (AvgIpc) is 3.20. The van der Waals surface area contributed by atoms with Gasteiger partial charge in [-0.15, -0.1) is 0 Å². The van der Waals surface area contributed by atoms with Crippen LogP contribution in [0, 0.1) is 0 Å². The van der Waals surface area contributed by atoms with Gasteiger partial charge in [0.05, 0.1) is 12.0 Å². The summed E-state index contributed by atoms with van der Waals surface area (Å²) >= 11 is 6.52. The van der Waals surface area contributed by atoms with Crippen molar-refractivity contribution in [2.24, 2.45) is 0 Å². The van der Waals surface area contributed by atoms with E-state index in [1.807, 2.05) is 24.3 Å². The molecule has 0 saturated carbocycles. The molecule has 126 valence electrons. The monoisotopic (exact) mass is 362 g/mol. The highest BCUT2D eigenvalue weighted by atomic mass is 32.2. The zero-order chi connectivity index (χ0) is 17.1. The normalized spacial score (nSPS) is 19.5. The van der Waals surface area contributed by atoms with E-state index in [0.717, 1.165) is 37.2 Å². The molecule has 0 aromatic heterocycles. The van der Waals surface area contributed by atoms with Gasteiger partial charge in [0, 0.05) is 13.1 Å². The fraction of sp³-hybridized carbons (Fsp3) is 0.353. The maximum atomic E-state index is 12.5. The number of nitrogens with zero attached hydrogens (tertiary/aromatic N) is 2. The van der Waals surface area contributed by atoms with Crippen LogP contribution in [0.1, 0.15) is 18.4 Å². The first kappa shape index (κ1) is 17.0. The highest BCUT2D eigenvalue weighted by Crippen LogP contribution is 2.32. The van der Waals surface area contributed by atoms with Gasteiger partial charge < -0.3 is 9.64 Å². The van der Waals surface area contributed by atoms with Crippen molar-refractivity contribution < 1.29 is 14.3 Å². The van der Waals surface area contributed by atoms with Crippen molar-refractivity contribution >= 4 is 46.2 Å². The summed E-state index contributed by atoms with van der Waals surface area (Å²) < 4.78 is 5.56. The topological polar surface area (TPSA) is 49.9 Å². The van der Waals surface area contributed by atoms with Gasteiger partial charge in [-0.3, -0.25) is 14.5 Å². The molecule has 1 aromatic carbocycles. The Balaban J connectivity index is 1.70. The van der Waals surface area contributed by atoms with Gasteiger partial charge in [-0.25, -0.2) is 0 Å². The van der Waals surface area contributed by atoms with E-state index in [9.17, 15) is 9.59 Å². The number of benzene rings is 1. The van der Waals surface area contributed by atoms with Crippen molar-refractivity contribution in [1.82, 2.24) is 9.80 Å². The Bertz CT molecular complexity index is 694. The van der Waals surface area contributed by atoms with Crippen LogP contribution in [0.25, 0.3) is 6.08 Å². The molecule has 3 rings (SSSR count). The first-order valence-electron chi connectivity index (χ1n) is 7.75. The molecule has 1 aromatic rings. The number of amides is 2. The molecule has 0 radical (unpaired) electrons. The predicted molar refractivity (Wildman–Crippen MR) is 98.7 cm³/mol. The Kier molecular flexibility index (Phi) is 5.20. The Labute approximate surface area is 150 Å². The Hall–Kier alpha value is -1.86. The number of hydrogen-bond donors (Lipinski definition) is 0. The van der Waals surface area contributed by atoms with Gasteiger partial charge in [-0.05, 0) is 36.6 Å². The first-order valence-corrected chi connectivity index (χ1v) is 8.98. The van der Waals surface area contributed by atoms with Crippen LogP contribution in [0.15, 0.2) is 29.2 Å². The summed E-state index contributed by atoms with van der Waals surface area (Å²) in [6.45, 7) is 1.58. The lowest BCUT2D eigenvalue weighted by Gasteiger charge is -2.19. The fourth-order valence-electron chi connectivity index (χ4n) is 2.69. The highest BCUT2D eigenvalue weighted by Gasteiger charge is 2.34. The van der Waals surface area contributed by atoms with E-state index in [1.165, 1.54) is 16.7 Å². The second-order valence-corrected chi connectivity index (χ2v) is 7.30. The molecular formula is C17H18N2O3S2. The second-order valence-electron chi connectivity index (χ2n) is 5.63. The molecule has 5 nitrogen and oxygen atoms in total. The fourth-order valence-corrected chi connectivity index (χ4v) is 3.94. The van der Waals surface area contributed by atoms with Crippen LogP contribution >= 0.6 is 24.0 Å². The number of rotatable bonds is 4. The lowest BCUT2D eigenvalue weighted by Crippen LogP contribution is -2.40. The molecule has 2 fully saturated rings. The molecule has 0 aliphatic carbocycles. The molecule has 2 amide bonds. The van der Waals surface area contributed by atoms with Crippen LogP contribution in [-0.4, -0.2) is 52.7 Å². The number of thiocarbonyl (C=S) groups is 1. The number of hydrogen-bond acceptors (Lipinski definition) is 5. The standard InChI is InChI=1S/C17H18N2O3S2/c1-22-13-6-4-12(5-7-13)10-14-16(21)19(17(23)24-14)11-15(20)18-8-2-3-9-18/h4-7,10H,2-3,8-9,11H2,1H3. The summed E-state index contributed by atoms with van der Waals surface area (Å²) in [4.78, 5) is 28.5. The molecule has 24 heavy (non-hydrogen) atoms. The van der Waals surface area contributed by atoms with Crippen LogP contribution in [0.3, 0.4) is 0 Å². The van der Waals surface area contributed by atoms with Gasteiger partial charge in [0.1, 0.15) is 16.6 Å². The molecule has 0 bridgehead atoms. The largest absolute Gasteiger partial charge is 0.497 e. The Morgan fingerprint density at radius 3 is 2.58 bits per heavy atom. The minimum Gasteiger partial charge on any atom is -0.497 e. The van der Waals surface area contributed by atoms with E-state index in [0.29, 0.717) is 9.23 Å². The molecule has 2 heterocycles. The van der Waals surface area contributed by atoms with E-state index in [4.69, 9.17) is 17.0 Å². The van der Waals surface area contributed by atoms with Gasteiger partial charge in [0.25, 0.3) is 5.91 Å². The Morgan fingerprint density at radius 1 is 1.29 bits per heavy atom. The van der Waals surface area contributed by atoms with Gasteiger partial charge >= 0.3 is 0 Å². The Morgan fingerprint density at radius 2 is 1.96 bits per heavy atom. The van der Waals surface area contributed by atoms with Crippen LogP contribution in [0.4, 0.5) is 0 Å². The highest BCUT2D eigenvalue weighted by molar-refractivity contribution is 8.26. The number of carbonyl (C=O) groups is 2. The minimum absolute atomic E-state index is 0.0324. The van der Waals surface area contributed by atoms with E-state index in [2.05, 4.69) is 0 Å². The third-order valence-electron chi connectivity index (χ3n) is 4.04. The third-order valence-corrected chi connectivity index (χ3v) is 5.42. The molecule has 2 saturated heterocycles. The molecule has 7 heteroatoms. The zero-order valence-electron chi connectivity index (χ0n) is 13.4. The van der Waals surface area contributed by atoms with Gasteiger partial charge in [-0.1, -0.05) is 36.1 Å².